The van der Waals surface area contributed by atoms with Crippen molar-refractivity contribution in [2.24, 2.45) is 0 Å². The molecule has 0 aliphatic heterocycles. The molecule has 0 fully saturated rings. The highest BCUT2D eigenvalue weighted by Crippen LogP contribution is 2.25. The lowest BCUT2D eigenvalue weighted by Crippen LogP contribution is -2.35. The number of nitrogens with zero attached hydrogens (tertiary/aromatic N) is 1. The molecule has 4 heteroatoms. The van der Waals surface area contributed by atoms with E-state index in [-0.39, 0.29) is 5.54 Å². The van der Waals surface area contributed by atoms with Gasteiger partial charge in [-0.25, -0.2) is 4.98 Å². The molecule has 0 spiro atoms. The van der Waals surface area contributed by atoms with E-state index in [4.69, 9.17) is 4.42 Å². The Labute approximate surface area is 99.5 Å². The van der Waals surface area contributed by atoms with Crippen LogP contribution in [0.3, 0.4) is 0 Å². The highest BCUT2D eigenvalue weighted by molar-refractivity contribution is 7.08. The second kappa shape index (κ2) is 4.39. The van der Waals surface area contributed by atoms with Crippen LogP contribution in [0.25, 0.3) is 11.3 Å². The molecule has 0 saturated carbocycles. The minimum atomic E-state index is 0.0882. The standard InChI is InChI=1S/C12H16N2OS/c1-12(2,3)14-6-10-11(15-8-13-10)9-4-5-16-7-9/h4-5,7-8,14H,6H2,1-3H3. The van der Waals surface area contributed by atoms with Crippen LogP contribution in [0.4, 0.5) is 0 Å². The van der Waals surface area contributed by atoms with Crippen molar-refractivity contribution < 1.29 is 4.42 Å². The number of thiophene rings is 1. The SMILES string of the molecule is CC(C)(C)NCc1ncoc1-c1ccsc1. The van der Waals surface area contributed by atoms with Crippen molar-refractivity contribution in [3.05, 3.63) is 28.9 Å². The Bertz CT molecular complexity index is 440. The van der Waals surface area contributed by atoms with Crippen LogP contribution in [-0.4, -0.2) is 10.5 Å². The molecule has 0 atom stereocenters. The van der Waals surface area contributed by atoms with Gasteiger partial charge in [0.05, 0.1) is 0 Å². The predicted octanol–water partition coefficient (Wildman–Crippen LogP) is 3.29. The Kier molecular flexibility index (Phi) is 3.12. The van der Waals surface area contributed by atoms with Crippen LogP contribution in [0.5, 0.6) is 0 Å². The molecule has 86 valence electrons. The summed E-state index contributed by atoms with van der Waals surface area (Å²) in [5, 5.41) is 7.52. The zero-order chi connectivity index (χ0) is 11.6. The molecule has 2 aromatic heterocycles. The summed E-state index contributed by atoms with van der Waals surface area (Å²) in [7, 11) is 0. The summed E-state index contributed by atoms with van der Waals surface area (Å²) in [5.74, 6) is 0.873. The van der Waals surface area contributed by atoms with Crippen molar-refractivity contribution in [3.8, 4) is 11.3 Å². The summed E-state index contributed by atoms with van der Waals surface area (Å²) >= 11 is 1.66. The minimum Gasteiger partial charge on any atom is -0.443 e. The van der Waals surface area contributed by atoms with Crippen molar-refractivity contribution in [2.75, 3.05) is 0 Å². The van der Waals surface area contributed by atoms with Crippen molar-refractivity contribution >= 4 is 11.3 Å². The Morgan fingerprint density at radius 1 is 1.44 bits per heavy atom. The Hall–Kier alpha value is -1.13. The molecule has 2 rings (SSSR count). The second-order valence-electron chi connectivity index (χ2n) is 4.74. The molecular formula is C12H16N2OS. The zero-order valence-electron chi connectivity index (χ0n) is 9.78. The smallest absolute Gasteiger partial charge is 0.181 e. The minimum absolute atomic E-state index is 0.0882. The van der Waals surface area contributed by atoms with Gasteiger partial charge in [-0.1, -0.05) is 0 Å². The van der Waals surface area contributed by atoms with Gasteiger partial charge in [-0.3, -0.25) is 0 Å². The average molecular weight is 236 g/mol. The number of nitrogens with one attached hydrogen (secondary N) is 1. The van der Waals surface area contributed by atoms with Gasteiger partial charge in [0.2, 0.25) is 0 Å². The molecule has 16 heavy (non-hydrogen) atoms. The van der Waals surface area contributed by atoms with Gasteiger partial charge in [0, 0.05) is 23.0 Å². The molecule has 0 aliphatic rings. The molecule has 0 unspecified atom stereocenters. The van der Waals surface area contributed by atoms with Crippen LogP contribution in [0.1, 0.15) is 26.5 Å². The van der Waals surface area contributed by atoms with Crippen molar-refractivity contribution in [2.45, 2.75) is 32.9 Å². The van der Waals surface area contributed by atoms with Crippen LogP contribution in [-0.2, 0) is 6.54 Å². The van der Waals surface area contributed by atoms with E-state index in [2.05, 4.69) is 36.5 Å². The molecule has 0 aromatic carbocycles. The summed E-state index contributed by atoms with van der Waals surface area (Å²) in [6, 6.07) is 2.05. The van der Waals surface area contributed by atoms with Gasteiger partial charge in [-0.15, -0.1) is 0 Å². The number of aromatic nitrogens is 1. The summed E-state index contributed by atoms with van der Waals surface area (Å²) in [6.45, 7) is 7.14. The van der Waals surface area contributed by atoms with Crippen LogP contribution in [0.2, 0.25) is 0 Å². The third-order valence-corrected chi connectivity index (χ3v) is 2.89. The maximum absolute atomic E-state index is 5.43. The molecule has 0 aliphatic carbocycles. The van der Waals surface area contributed by atoms with Gasteiger partial charge in [0.25, 0.3) is 0 Å². The molecule has 2 heterocycles. The average Bonchev–Trinajstić information content (AvgIpc) is 2.84. The first kappa shape index (κ1) is 11.4. The lowest BCUT2D eigenvalue weighted by atomic mass is 10.1. The highest BCUT2D eigenvalue weighted by Gasteiger charge is 2.14. The van der Waals surface area contributed by atoms with Crippen molar-refractivity contribution in [1.82, 2.24) is 10.3 Å². The summed E-state index contributed by atoms with van der Waals surface area (Å²) < 4.78 is 5.43. The Morgan fingerprint density at radius 2 is 2.25 bits per heavy atom. The topological polar surface area (TPSA) is 38.1 Å². The van der Waals surface area contributed by atoms with E-state index in [1.54, 1.807) is 11.3 Å². The van der Waals surface area contributed by atoms with Crippen molar-refractivity contribution in [1.29, 1.82) is 0 Å². The largest absolute Gasteiger partial charge is 0.443 e. The third kappa shape index (κ3) is 2.71. The molecule has 3 nitrogen and oxygen atoms in total. The fraction of sp³-hybridized carbons (Fsp3) is 0.417. The van der Waals surface area contributed by atoms with E-state index in [1.165, 1.54) is 6.39 Å². The van der Waals surface area contributed by atoms with E-state index in [9.17, 15) is 0 Å². The van der Waals surface area contributed by atoms with Gasteiger partial charge in [0.1, 0.15) is 5.69 Å². The Morgan fingerprint density at radius 3 is 2.88 bits per heavy atom. The molecule has 1 N–H and O–H groups in total. The van der Waals surface area contributed by atoms with E-state index >= 15 is 0 Å². The van der Waals surface area contributed by atoms with Gasteiger partial charge in [-0.2, -0.15) is 11.3 Å². The van der Waals surface area contributed by atoms with E-state index in [0.29, 0.717) is 0 Å². The van der Waals surface area contributed by atoms with E-state index in [0.717, 1.165) is 23.6 Å². The highest BCUT2D eigenvalue weighted by atomic mass is 32.1. The first-order chi connectivity index (χ1) is 7.56. The van der Waals surface area contributed by atoms with Crippen LogP contribution >= 0.6 is 11.3 Å². The van der Waals surface area contributed by atoms with Gasteiger partial charge in [-0.05, 0) is 32.2 Å². The lowest BCUT2D eigenvalue weighted by molar-refractivity contribution is 0.421. The summed E-state index contributed by atoms with van der Waals surface area (Å²) in [5.41, 5.74) is 2.16. The molecule has 2 aromatic rings. The van der Waals surface area contributed by atoms with E-state index < -0.39 is 0 Å². The quantitative estimate of drug-likeness (QED) is 0.888. The van der Waals surface area contributed by atoms with E-state index in [1.807, 2.05) is 11.4 Å². The van der Waals surface area contributed by atoms with Gasteiger partial charge in [0.15, 0.2) is 12.2 Å². The second-order valence-corrected chi connectivity index (χ2v) is 5.52. The van der Waals surface area contributed by atoms with Crippen LogP contribution < -0.4 is 5.32 Å². The lowest BCUT2D eigenvalue weighted by Gasteiger charge is -2.19. The molecule has 0 bridgehead atoms. The molecule has 0 radical (unpaired) electrons. The third-order valence-electron chi connectivity index (χ3n) is 2.21. The maximum Gasteiger partial charge on any atom is 0.181 e. The molecule has 0 saturated heterocycles. The first-order valence-corrected chi connectivity index (χ1v) is 6.20. The number of hydrogen-bond acceptors (Lipinski definition) is 4. The van der Waals surface area contributed by atoms with Gasteiger partial charge < -0.3 is 9.73 Å². The fourth-order valence-electron chi connectivity index (χ4n) is 1.37. The predicted molar refractivity (Wildman–Crippen MR) is 66.4 cm³/mol. The maximum atomic E-state index is 5.43. The van der Waals surface area contributed by atoms with Crippen molar-refractivity contribution in [3.63, 3.8) is 0 Å². The van der Waals surface area contributed by atoms with Gasteiger partial charge >= 0.3 is 0 Å². The molecule has 0 amide bonds. The number of oxazole rings is 1. The first-order valence-electron chi connectivity index (χ1n) is 5.26. The number of rotatable bonds is 3. The monoisotopic (exact) mass is 236 g/mol. The summed E-state index contributed by atoms with van der Waals surface area (Å²) in [4.78, 5) is 4.25. The van der Waals surface area contributed by atoms with Crippen LogP contribution in [0.15, 0.2) is 27.6 Å². The van der Waals surface area contributed by atoms with Crippen LogP contribution in [0, 0.1) is 0 Å². The normalized spacial score (nSPS) is 11.9. The number of hydrogen-bond donors (Lipinski definition) is 1. The molecular weight excluding hydrogens is 220 g/mol. The fourth-order valence-corrected chi connectivity index (χ4v) is 2.01. The summed E-state index contributed by atoms with van der Waals surface area (Å²) in [6.07, 6.45) is 1.51. The Balaban J connectivity index is 2.14. The zero-order valence-corrected chi connectivity index (χ0v) is 10.6.